The Morgan fingerprint density at radius 1 is 1.31 bits per heavy atom. The topological polar surface area (TPSA) is 44.7 Å². The van der Waals surface area contributed by atoms with Crippen LogP contribution >= 0.6 is 0 Å². The first kappa shape index (κ1) is 11.2. The van der Waals surface area contributed by atoms with Crippen molar-refractivity contribution in [2.45, 2.75) is 32.6 Å². The van der Waals surface area contributed by atoms with Crippen LogP contribution in [0.2, 0.25) is 0 Å². The fraction of sp³-hybridized carbons (Fsp3) is 0.667. The predicted octanol–water partition coefficient (Wildman–Crippen LogP) is 1.29. The van der Waals surface area contributed by atoms with Crippen molar-refractivity contribution in [3.8, 4) is 0 Å². The number of amidine groups is 1. The number of likely N-dealkylation sites (N-methyl/N-ethyl adjacent to an activating group) is 1. The maximum atomic E-state index is 11.8. The lowest BCUT2D eigenvalue weighted by atomic mass is 9.97. The Balaban J connectivity index is 2.09. The quantitative estimate of drug-likeness (QED) is 0.725. The van der Waals surface area contributed by atoms with E-state index in [2.05, 4.69) is 17.2 Å². The molecule has 4 heteroatoms. The zero-order valence-corrected chi connectivity index (χ0v) is 10.0. The average Bonchev–Trinajstić information content (AvgIpc) is 2.28. The molecule has 16 heavy (non-hydrogen) atoms. The van der Waals surface area contributed by atoms with Crippen molar-refractivity contribution in [3.05, 3.63) is 11.3 Å². The molecule has 1 heterocycles. The maximum Gasteiger partial charge on any atom is 0.289 e. The lowest BCUT2D eigenvalue weighted by Gasteiger charge is -2.25. The highest BCUT2D eigenvalue weighted by Crippen LogP contribution is 2.22. The Morgan fingerprint density at radius 3 is 2.81 bits per heavy atom. The third-order valence-electron chi connectivity index (χ3n) is 3.27. The van der Waals surface area contributed by atoms with Crippen LogP contribution in [0.1, 0.15) is 32.6 Å². The molecule has 2 rings (SSSR count). The van der Waals surface area contributed by atoms with E-state index in [1.165, 1.54) is 24.1 Å². The van der Waals surface area contributed by atoms with Crippen LogP contribution in [0.3, 0.4) is 0 Å². The first-order valence-electron chi connectivity index (χ1n) is 5.94. The lowest BCUT2D eigenvalue weighted by Crippen LogP contribution is -2.45. The van der Waals surface area contributed by atoms with Gasteiger partial charge in [0.1, 0.15) is 0 Å². The number of aliphatic imine (C=N–C) groups is 1. The first-order valence-corrected chi connectivity index (χ1v) is 5.94. The minimum absolute atomic E-state index is 0.0112. The molecule has 0 saturated carbocycles. The molecule has 0 aromatic heterocycles. The molecule has 0 fully saturated rings. The first-order chi connectivity index (χ1) is 7.68. The Bertz CT molecular complexity index is 357. The Labute approximate surface area is 96.4 Å². The highest BCUT2D eigenvalue weighted by molar-refractivity contribution is 6.38. The second-order valence-corrected chi connectivity index (χ2v) is 4.55. The van der Waals surface area contributed by atoms with Crippen molar-refractivity contribution < 1.29 is 4.79 Å². The molecule has 1 amide bonds. The van der Waals surface area contributed by atoms with E-state index in [1.807, 2.05) is 7.05 Å². The molecule has 0 aromatic rings. The number of nitrogens with zero attached hydrogens (tertiary/aromatic N) is 2. The molecule has 0 unspecified atom stereocenters. The molecule has 88 valence electrons. The van der Waals surface area contributed by atoms with Crippen LogP contribution in [0, 0.1) is 0 Å². The summed E-state index contributed by atoms with van der Waals surface area (Å²) < 4.78 is 0. The SMILES string of the molecule is CC1=C(NC2=NCCN(C)C2=O)CCCC1. The Hall–Kier alpha value is -1.32. The third kappa shape index (κ3) is 2.26. The van der Waals surface area contributed by atoms with Crippen molar-refractivity contribution >= 4 is 11.7 Å². The van der Waals surface area contributed by atoms with Crippen molar-refractivity contribution in [3.63, 3.8) is 0 Å². The largest absolute Gasteiger partial charge is 0.340 e. The number of hydrogen-bond acceptors (Lipinski definition) is 3. The van der Waals surface area contributed by atoms with E-state index < -0.39 is 0 Å². The van der Waals surface area contributed by atoms with Crippen LogP contribution in [0.4, 0.5) is 0 Å². The van der Waals surface area contributed by atoms with Crippen molar-refractivity contribution in [2.24, 2.45) is 4.99 Å². The zero-order chi connectivity index (χ0) is 11.5. The van der Waals surface area contributed by atoms with E-state index >= 15 is 0 Å². The lowest BCUT2D eigenvalue weighted by molar-refractivity contribution is -0.123. The van der Waals surface area contributed by atoms with Crippen molar-refractivity contribution in [2.75, 3.05) is 20.1 Å². The van der Waals surface area contributed by atoms with Gasteiger partial charge < -0.3 is 10.2 Å². The molecule has 0 atom stereocenters. The van der Waals surface area contributed by atoms with Crippen LogP contribution in [0.5, 0.6) is 0 Å². The minimum atomic E-state index is 0.0112. The van der Waals surface area contributed by atoms with Crippen molar-refractivity contribution in [1.29, 1.82) is 0 Å². The van der Waals surface area contributed by atoms with Gasteiger partial charge in [0.15, 0.2) is 5.84 Å². The summed E-state index contributed by atoms with van der Waals surface area (Å²) in [5.74, 6) is 0.530. The maximum absolute atomic E-state index is 11.8. The van der Waals surface area contributed by atoms with Crippen LogP contribution in [0.25, 0.3) is 0 Å². The molecular formula is C12H19N3O. The average molecular weight is 221 g/mol. The number of amides is 1. The van der Waals surface area contributed by atoms with E-state index in [0.29, 0.717) is 12.4 Å². The summed E-state index contributed by atoms with van der Waals surface area (Å²) in [6, 6.07) is 0. The van der Waals surface area contributed by atoms with Gasteiger partial charge in [0.25, 0.3) is 5.91 Å². The number of carbonyl (C=O) groups is 1. The Morgan fingerprint density at radius 2 is 2.06 bits per heavy atom. The summed E-state index contributed by atoms with van der Waals surface area (Å²) in [4.78, 5) is 17.8. The van der Waals surface area contributed by atoms with Gasteiger partial charge in [0.2, 0.25) is 0 Å². The Kier molecular flexibility index (Phi) is 3.27. The van der Waals surface area contributed by atoms with Gasteiger partial charge in [-0.1, -0.05) is 5.57 Å². The van der Waals surface area contributed by atoms with Crippen molar-refractivity contribution in [1.82, 2.24) is 10.2 Å². The van der Waals surface area contributed by atoms with E-state index in [9.17, 15) is 4.79 Å². The van der Waals surface area contributed by atoms with E-state index in [0.717, 1.165) is 19.4 Å². The molecule has 1 N–H and O–H groups in total. The highest BCUT2D eigenvalue weighted by atomic mass is 16.2. The van der Waals surface area contributed by atoms with Gasteiger partial charge >= 0.3 is 0 Å². The summed E-state index contributed by atoms with van der Waals surface area (Å²) in [5.41, 5.74) is 2.57. The summed E-state index contributed by atoms with van der Waals surface area (Å²) >= 11 is 0. The predicted molar refractivity (Wildman–Crippen MR) is 64.2 cm³/mol. The zero-order valence-electron chi connectivity index (χ0n) is 10.0. The highest BCUT2D eigenvalue weighted by Gasteiger charge is 2.22. The third-order valence-corrected chi connectivity index (χ3v) is 3.27. The van der Waals surface area contributed by atoms with Gasteiger partial charge in [-0.05, 0) is 32.6 Å². The fourth-order valence-corrected chi connectivity index (χ4v) is 2.12. The standard InChI is InChI=1S/C12H19N3O/c1-9-5-3-4-6-10(9)14-11-12(16)15(2)8-7-13-11/h3-8H2,1-2H3,(H,13,14). The second-order valence-electron chi connectivity index (χ2n) is 4.55. The molecular weight excluding hydrogens is 202 g/mol. The number of nitrogens with one attached hydrogen (secondary N) is 1. The van der Waals surface area contributed by atoms with Gasteiger partial charge in [-0.25, -0.2) is 0 Å². The van der Waals surface area contributed by atoms with Crippen LogP contribution < -0.4 is 5.32 Å². The molecule has 0 saturated heterocycles. The molecule has 2 aliphatic rings. The van der Waals surface area contributed by atoms with E-state index in [1.54, 1.807) is 4.90 Å². The molecule has 0 spiro atoms. The molecule has 1 aliphatic heterocycles. The fourth-order valence-electron chi connectivity index (χ4n) is 2.12. The van der Waals surface area contributed by atoms with Gasteiger partial charge in [-0.2, -0.15) is 0 Å². The molecule has 0 bridgehead atoms. The van der Waals surface area contributed by atoms with Gasteiger partial charge in [-0.3, -0.25) is 9.79 Å². The second kappa shape index (κ2) is 4.68. The van der Waals surface area contributed by atoms with Crippen LogP contribution in [-0.4, -0.2) is 36.8 Å². The summed E-state index contributed by atoms with van der Waals surface area (Å²) in [6.07, 6.45) is 4.65. The van der Waals surface area contributed by atoms with Gasteiger partial charge in [0, 0.05) is 19.3 Å². The summed E-state index contributed by atoms with van der Waals surface area (Å²) in [5, 5.41) is 3.23. The van der Waals surface area contributed by atoms with Crippen LogP contribution in [0.15, 0.2) is 16.3 Å². The van der Waals surface area contributed by atoms with Gasteiger partial charge in [-0.15, -0.1) is 0 Å². The monoisotopic (exact) mass is 221 g/mol. The number of carbonyl (C=O) groups excluding carboxylic acids is 1. The van der Waals surface area contributed by atoms with E-state index in [-0.39, 0.29) is 5.91 Å². The molecule has 0 aromatic carbocycles. The minimum Gasteiger partial charge on any atom is -0.340 e. The molecule has 4 nitrogen and oxygen atoms in total. The summed E-state index contributed by atoms with van der Waals surface area (Å²) in [7, 11) is 1.82. The molecule has 1 aliphatic carbocycles. The van der Waals surface area contributed by atoms with Crippen LogP contribution in [-0.2, 0) is 4.79 Å². The van der Waals surface area contributed by atoms with E-state index in [4.69, 9.17) is 0 Å². The smallest absolute Gasteiger partial charge is 0.289 e. The normalized spacial score (nSPS) is 22.2. The number of rotatable bonds is 1. The number of allylic oxidation sites excluding steroid dienone is 2. The number of hydrogen-bond donors (Lipinski definition) is 1. The van der Waals surface area contributed by atoms with Gasteiger partial charge in [0.05, 0.1) is 6.54 Å². The summed E-state index contributed by atoms with van der Waals surface area (Å²) in [6.45, 7) is 3.57. The molecule has 0 radical (unpaired) electrons.